The van der Waals surface area contributed by atoms with Crippen LogP contribution < -0.4 is 5.56 Å². The van der Waals surface area contributed by atoms with E-state index in [9.17, 15) is 18.0 Å². The van der Waals surface area contributed by atoms with Crippen molar-refractivity contribution in [1.29, 1.82) is 0 Å². The summed E-state index contributed by atoms with van der Waals surface area (Å²) in [6.07, 6.45) is -3.06. The highest BCUT2D eigenvalue weighted by molar-refractivity contribution is 7.98. The number of hydrogen-bond acceptors (Lipinski definition) is 3. The van der Waals surface area contributed by atoms with Crippen molar-refractivity contribution < 1.29 is 13.2 Å². The van der Waals surface area contributed by atoms with Gasteiger partial charge < -0.3 is 0 Å². The van der Waals surface area contributed by atoms with E-state index in [0.29, 0.717) is 11.8 Å². The third-order valence-electron chi connectivity index (χ3n) is 3.35. The molecule has 0 unspecified atom stereocenters. The molecular weight excluding hydrogens is 325 g/mol. The number of halogens is 3. The van der Waals surface area contributed by atoms with Gasteiger partial charge in [-0.15, -0.1) is 0 Å². The van der Waals surface area contributed by atoms with Crippen LogP contribution in [0, 0.1) is 0 Å². The molecule has 0 saturated heterocycles. The number of nitrogens with zero attached hydrogens (tertiary/aromatic N) is 2. The molecule has 0 saturated carbocycles. The molecular formula is C16H11F3N2OS. The lowest BCUT2D eigenvalue weighted by Gasteiger charge is -2.13. The normalized spacial score (nSPS) is 11.8. The molecule has 2 aromatic carbocycles. The highest BCUT2D eigenvalue weighted by Gasteiger charge is 2.34. The van der Waals surface area contributed by atoms with Gasteiger partial charge in [0, 0.05) is 6.07 Å². The first-order valence-corrected chi connectivity index (χ1v) is 7.87. The van der Waals surface area contributed by atoms with Crippen LogP contribution in [-0.2, 0) is 6.18 Å². The van der Waals surface area contributed by atoms with Crippen molar-refractivity contribution in [3.8, 4) is 5.69 Å². The van der Waals surface area contributed by atoms with Gasteiger partial charge in [0.2, 0.25) is 0 Å². The molecule has 0 atom stereocenters. The Morgan fingerprint density at radius 1 is 1.04 bits per heavy atom. The van der Waals surface area contributed by atoms with E-state index in [1.165, 1.54) is 4.57 Å². The Labute approximate surface area is 133 Å². The largest absolute Gasteiger partial charge is 0.433 e. The van der Waals surface area contributed by atoms with Gasteiger partial charge >= 0.3 is 6.18 Å². The van der Waals surface area contributed by atoms with Crippen molar-refractivity contribution in [3.63, 3.8) is 0 Å². The molecule has 0 N–H and O–H groups in total. The lowest BCUT2D eigenvalue weighted by Crippen LogP contribution is -2.24. The number of fused-ring (bicyclic) bond motifs is 1. The van der Waals surface area contributed by atoms with Crippen LogP contribution in [0.15, 0.2) is 58.5 Å². The number of benzene rings is 2. The zero-order valence-electron chi connectivity index (χ0n) is 12.0. The second-order valence-corrected chi connectivity index (χ2v) is 5.60. The van der Waals surface area contributed by atoms with E-state index in [4.69, 9.17) is 0 Å². The zero-order valence-corrected chi connectivity index (χ0v) is 12.8. The van der Waals surface area contributed by atoms with Gasteiger partial charge in [-0.2, -0.15) is 13.2 Å². The maximum atomic E-state index is 12.8. The summed E-state index contributed by atoms with van der Waals surface area (Å²) in [5, 5.41) is 1.87. The van der Waals surface area contributed by atoms with Gasteiger partial charge in [-0.1, -0.05) is 42.1 Å². The van der Waals surface area contributed by atoms with Gasteiger partial charge in [0.1, 0.15) is 0 Å². The van der Waals surface area contributed by atoms with E-state index in [-0.39, 0.29) is 5.16 Å². The Morgan fingerprint density at radius 2 is 1.74 bits per heavy atom. The molecule has 23 heavy (non-hydrogen) atoms. The third-order valence-corrected chi connectivity index (χ3v) is 3.99. The second-order valence-electron chi connectivity index (χ2n) is 4.83. The average molecular weight is 336 g/mol. The Bertz CT molecular complexity index is 934. The summed E-state index contributed by atoms with van der Waals surface area (Å²) in [5.41, 5.74) is -1.45. The molecule has 0 amide bonds. The molecule has 0 bridgehead atoms. The van der Waals surface area contributed by atoms with E-state index in [1.807, 2.05) is 30.3 Å². The topological polar surface area (TPSA) is 34.9 Å². The molecule has 0 aliphatic carbocycles. The summed E-state index contributed by atoms with van der Waals surface area (Å²) in [6.45, 7) is 0. The van der Waals surface area contributed by atoms with Gasteiger partial charge in [-0.3, -0.25) is 9.36 Å². The number of alkyl halides is 3. The molecule has 0 spiro atoms. The van der Waals surface area contributed by atoms with Gasteiger partial charge in [0.15, 0.2) is 10.9 Å². The summed E-state index contributed by atoms with van der Waals surface area (Å²) in [7, 11) is 0. The van der Waals surface area contributed by atoms with Crippen molar-refractivity contribution >= 4 is 22.5 Å². The summed E-state index contributed by atoms with van der Waals surface area (Å²) in [6, 6.07) is 13.3. The fraction of sp³-hybridized carbons (Fsp3) is 0.125. The minimum absolute atomic E-state index is 0.0000983. The average Bonchev–Trinajstić information content (AvgIpc) is 2.52. The summed E-state index contributed by atoms with van der Waals surface area (Å²) >= 11 is 0.992. The van der Waals surface area contributed by atoms with Crippen molar-refractivity contribution in [2.24, 2.45) is 0 Å². The fourth-order valence-corrected chi connectivity index (χ4v) is 2.86. The minimum Gasteiger partial charge on any atom is -0.269 e. The molecule has 118 valence electrons. The maximum Gasteiger partial charge on any atom is 0.433 e. The smallest absolute Gasteiger partial charge is 0.269 e. The standard InChI is InChI=1S/C16H11F3N2OS/c1-23-15-20-13(16(17,18)19)9-14(22)21(15)12-7-6-10-4-2-3-5-11(10)8-12/h2-9H,1H3. The first kappa shape index (κ1) is 15.6. The third kappa shape index (κ3) is 2.96. The predicted molar refractivity (Wildman–Crippen MR) is 84.1 cm³/mol. The highest BCUT2D eigenvalue weighted by atomic mass is 32.2. The number of hydrogen-bond donors (Lipinski definition) is 0. The Hall–Kier alpha value is -2.28. The lowest BCUT2D eigenvalue weighted by atomic mass is 10.1. The number of thioether (sulfide) groups is 1. The van der Waals surface area contributed by atoms with Gasteiger partial charge in [0.05, 0.1) is 5.69 Å². The van der Waals surface area contributed by atoms with Gasteiger partial charge in [0.25, 0.3) is 5.56 Å². The molecule has 7 heteroatoms. The molecule has 0 aliphatic rings. The van der Waals surface area contributed by atoms with E-state index < -0.39 is 17.4 Å². The van der Waals surface area contributed by atoms with Crippen molar-refractivity contribution in [1.82, 2.24) is 9.55 Å². The molecule has 0 aliphatic heterocycles. The van der Waals surface area contributed by atoms with Crippen LogP contribution in [0.2, 0.25) is 0 Å². The first-order chi connectivity index (χ1) is 10.9. The van der Waals surface area contributed by atoms with E-state index in [2.05, 4.69) is 4.98 Å². The van der Waals surface area contributed by atoms with E-state index in [0.717, 1.165) is 22.5 Å². The van der Waals surface area contributed by atoms with Crippen LogP contribution in [-0.4, -0.2) is 15.8 Å². The van der Waals surface area contributed by atoms with Crippen LogP contribution >= 0.6 is 11.8 Å². The Balaban J connectivity index is 2.23. The minimum atomic E-state index is -4.65. The first-order valence-electron chi connectivity index (χ1n) is 6.64. The summed E-state index contributed by atoms with van der Waals surface area (Å²) < 4.78 is 39.6. The zero-order chi connectivity index (χ0) is 16.6. The number of rotatable bonds is 2. The molecule has 0 radical (unpaired) electrons. The molecule has 3 aromatic rings. The van der Waals surface area contributed by atoms with Crippen LogP contribution in [0.3, 0.4) is 0 Å². The Kier molecular flexibility index (Phi) is 3.89. The number of aromatic nitrogens is 2. The van der Waals surface area contributed by atoms with Crippen LogP contribution in [0.5, 0.6) is 0 Å². The monoisotopic (exact) mass is 336 g/mol. The Morgan fingerprint density at radius 3 is 2.39 bits per heavy atom. The molecule has 3 nitrogen and oxygen atoms in total. The SMILES string of the molecule is CSc1nc(C(F)(F)F)cc(=O)n1-c1ccc2ccccc2c1. The van der Waals surface area contributed by atoms with Gasteiger partial charge in [-0.25, -0.2) is 4.98 Å². The van der Waals surface area contributed by atoms with Crippen LogP contribution in [0.1, 0.15) is 5.69 Å². The molecule has 1 aromatic heterocycles. The van der Waals surface area contributed by atoms with Crippen LogP contribution in [0.25, 0.3) is 16.5 Å². The summed E-state index contributed by atoms with van der Waals surface area (Å²) in [4.78, 5) is 15.8. The summed E-state index contributed by atoms with van der Waals surface area (Å²) in [5.74, 6) is 0. The fourth-order valence-electron chi connectivity index (χ4n) is 2.30. The highest BCUT2D eigenvalue weighted by Crippen LogP contribution is 2.29. The quantitative estimate of drug-likeness (QED) is 0.521. The lowest BCUT2D eigenvalue weighted by molar-refractivity contribution is -0.141. The van der Waals surface area contributed by atoms with Gasteiger partial charge in [-0.05, 0) is 29.2 Å². The van der Waals surface area contributed by atoms with E-state index in [1.54, 1.807) is 18.4 Å². The second kappa shape index (κ2) is 5.73. The molecule has 0 fully saturated rings. The van der Waals surface area contributed by atoms with Crippen molar-refractivity contribution in [2.75, 3.05) is 6.26 Å². The van der Waals surface area contributed by atoms with Crippen LogP contribution in [0.4, 0.5) is 13.2 Å². The maximum absolute atomic E-state index is 12.8. The van der Waals surface area contributed by atoms with Crippen molar-refractivity contribution in [2.45, 2.75) is 11.3 Å². The molecule has 3 rings (SSSR count). The van der Waals surface area contributed by atoms with E-state index >= 15 is 0 Å². The molecule has 1 heterocycles. The predicted octanol–water partition coefficient (Wildman–Crippen LogP) is 4.13. The van der Waals surface area contributed by atoms with Crippen molar-refractivity contribution in [3.05, 3.63) is 64.6 Å².